The van der Waals surface area contributed by atoms with Crippen molar-refractivity contribution in [3.63, 3.8) is 0 Å². The minimum atomic E-state index is -0.237. The SMILES string of the molecule is COc1ccc(C2NC(=S)NC(C)=C2C(=O)N2CCCCC2)cc1. The van der Waals surface area contributed by atoms with Crippen molar-refractivity contribution in [1.82, 2.24) is 15.5 Å². The second-order valence-electron chi connectivity index (χ2n) is 6.20. The summed E-state index contributed by atoms with van der Waals surface area (Å²) in [4.78, 5) is 15.1. The number of nitrogens with zero attached hydrogens (tertiary/aromatic N) is 1. The lowest BCUT2D eigenvalue weighted by molar-refractivity contribution is -0.128. The summed E-state index contributed by atoms with van der Waals surface area (Å²) in [6.45, 7) is 3.58. The van der Waals surface area contributed by atoms with E-state index in [1.807, 2.05) is 36.1 Å². The number of rotatable bonds is 3. The second kappa shape index (κ2) is 7.21. The van der Waals surface area contributed by atoms with Crippen LogP contribution in [0.2, 0.25) is 0 Å². The molecule has 2 heterocycles. The summed E-state index contributed by atoms with van der Waals surface area (Å²) in [6.07, 6.45) is 3.35. The maximum Gasteiger partial charge on any atom is 0.253 e. The number of thiocarbonyl (C=S) groups is 1. The first-order chi connectivity index (χ1) is 11.6. The van der Waals surface area contributed by atoms with Crippen LogP contribution in [-0.4, -0.2) is 36.1 Å². The molecule has 0 radical (unpaired) electrons. The molecule has 0 bridgehead atoms. The number of carbonyl (C=O) groups is 1. The quantitative estimate of drug-likeness (QED) is 0.825. The van der Waals surface area contributed by atoms with Crippen molar-refractivity contribution in [3.8, 4) is 5.75 Å². The smallest absolute Gasteiger partial charge is 0.253 e. The molecule has 5 nitrogen and oxygen atoms in total. The molecule has 2 aliphatic rings. The highest BCUT2D eigenvalue weighted by Crippen LogP contribution is 2.30. The van der Waals surface area contributed by atoms with Gasteiger partial charge in [0, 0.05) is 18.8 Å². The van der Waals surface area contributed by atoms with E-state index in [2.05, 4.69) is 10.6 Å². The number of amides is 1. The number of carbonyl (C=O) groups excluding carboxylic acids is 1. The van der Waals surface area contributed by atoms with E-state index in [0.717, 1.165) is 48.5 Å². The van der Waals surface area contributed by atoms with Gasteiger partial charge in [-0.05, 0) is 56.1 Å². The van der Waals surface area contributed by atoms with Crippen LogP contribution in [0.1, 0.15) is 37.8 Å². The van der Waals surface area contributed by atoms with Gasteiger partial charge in [-0.15, -0.1) is 0 Å². The molecule has 1 aromatic rings. The van der Waals surface area contributed by atoms with Crippen molar-refractivity contribution in [2.45, 2.75) is 32.2 Å². The van der Waals surface area contributed by atoms with Gasteiger partial charge in [-0.2, -0.15) is 0 Å². The van der Waals surface area contributed by atoms with Gasteiger partial charge in [-0.3, -0.25) is 4.79 Å². The fraction of sp³-hybridized carbons (Fsp3) is 0.444. The number of benzene rings is 1. The molecular weight excluding hydrogens is 322 g/mol. The van der Waals surface area contributed by atoms with E-state index < -0.39 is 0 Å². The van der Waals surface area contributed by atoms with Gasteiger partial charge in [0.1, 0.15) is 5.75 Å². The van der Waals surface area contributed by atoms with Gasteiger partial charge in [0.2, 0.25) is 0 Å². The van der Waals surface area contributed by atoms with Gasteiger partial charge in [0.25, 0.3) is 5.91 Å². The fourth-order valence-corrected chi connectivity index (χ4v) is 3.56. The van der Waals surface area contributed by atoms with Gasteiger partial charge in [0.05, 0.1) is 18.7 Å². The van der Waals surface area contributed by atoms with E-state index in [4.69, 9.17) is 17.0 Å². The number of allylic oxidation sites excluding steroid dienone is 1. The van der Waals surface area contributed by atoms with Crippen LogP contribution in [-0.2, 0) is 4.79 Å². The zero-order chi connectivity index (χ0) is 17.1. The van der Waals surface area contributed by atoms with Gasteiger partial charge < -0.3 is 20.3 Å². The average Bonchev–Trinajstić information content (AvgIpc) is 2.61. The Hall–Kier alpha value is -2.08. The Kier molecular flexibility index (Phi) is 5.04. The van der Waals surface area contributed by atoms with Gasteiger partial charge in [-0.1, -0.05) is 12.1 Å². The number of nitrogens with one attached hydrogen (secondary N) is 2. The molecule has 1 amide bonds. The molecule has 24 heavy (non-hydrogen) atoms. The Morgan fingerprint density at radius 2 is 1.88 bits per heavy atom. The van der Waals surface area contributed by atoms with E-state index in [-0.39, 0.29) is 11.9 Å². The minimum absolute atomic E-state index is 0.0931. The number of methoxy groups -OCH3 is 1. The molecule has 0 aliphatic carbocycles. The molecule has 0 aromatic heterocycles. The highest BCUT2D eigenvalue weighted by atomic mass is 32.1. The zero-order valence-electron chi connectivity index (χ0n) is 14.1. The van der Waals surface area contributed by atoms with Crippen LogP contribution in [0, 0.1) is 0 Å². The number of ether oxygens (including phenoxy) is 1. The van der Waals surface area contributed by atoms with E-state index in [1.165, 1.54) is 6.42 Å². The summed E-state index contributed by atoms with van der Waals surface area (Å²) in [5.74, 6) is 0.885. The van der Waals surface area contributed by atoms with Crippen molar-refractivity contribution < 1.29 is 9.53 Å². The van der Waals surface area contributed by atoms with Crippen molar-refractivity contribution in [2.75, 3.05) is 20.2 Å². The lowest BCUT2D eigenvalue weighted by Gasteiger charge is -2.35. The monoisotopic (exact) mass is 345 g/mol. The Morgan fingerprint density at radius 3 is 2.50 bits per heavy atom. The molecule has 1 saturated heterocycles. The van der Waals surface area contributed by atoms with Crippen LogP contribution < -0.4 is 15.4 Å². The molecule has 128 valence electrons. The highest BCUT2D eigenvalue weighted by molar-refractivity contribution is 7.80. The fourth-order valence-electron chi connectivity index (χ4n) is 3.29. The topological polar surface area (TPSA) is 53.6 Å². The summed E-state index contributed by atoms with van der Waals surface area (Å²) in [5.41, 5.74) is 2.57. The minimum Gasteiger partial charge on any atom is -0.497 e. The molecule has 3 rings (SSSR count). The summed E-state index contributed by atoms with van der Waals surface area (Å²) < 4.78 is 5.22. The van der Waals surface area contributed by atoms with Crippen LogP contribution in [0.3, 0.4) is 0 Å². The van der Waals surface area contributed by atoms with Crippen molar-refractivity contribution in [1.29, 1.82) is 0 Å². The largest absolute Gasteiger partial charge is 0.497 e. The molecule has 1 unspecified atom stereocenters. The maximum atomic E-state index is 13.1. The first-order valence-electron chi connectivity index (χ1n) is 8.31. The predicted molar refractivity (Wildman–Crippen MR) is 97.7 cm³/mol. The molecule has 0 saturated carbocycles. The van der Waals surface area contributed by atoms with Crippen molar-refractivity contribution in [3.05, 3.63) is 41.1 Å². The van der Waals surface area contributed by atoms with Crippen LogP contribution in [0.5, 0.6) is 5.75 Å². The highest BCUT2D eigenvalue weighted by Gasteiger charge is 2.32. The molecular formula is C18H23N3O2S. The molecule has 1 atom stereocenters. The molecule has 1 aromatic carbocycles. The van der Waals surface area contributed by atoms with Crippen LogP contribution in [0.15, 0.2) is 35.5 Å². The van der Waals surface area contributed by atoms with E-state index in [9.17, 15) is 4.79 Å². The third kappa shape index (κ3) is 3.38. The van der Waals surface area contributed by atoms with E-state index >= 15 is 0 Å². The Morgan fingerprint density at radius 1 is 1.21 bits per heavy atom. The van der Waals surface area contributed by atoms with E-state index in [1.54, 1.807) is 7.11 Å². The first-order valence-corrected chi connectivity index (χ1v) is 8.72. The standard InChI is InChI=1S/C18H23N3O2S/c1-12-15(17(22)21-10-4-3-5-11-21)16(20-18(24)19-12)13-6-8-14(23-2)9-7-13/h6-9,16H,3-5,10-11H2,1-2H3,(H2,19,20,24). The molecule has 0 spiro atoms. The number of piperidine rings is 1. The molecule has 2 aliphatic heterocycles. The van der Waals surface area contributed by atoms with Crippen LogP contribution >= 0.6 is 12.2 Å². The van der Waals surface area contributed by atoms with Crippen molar-refractivity contribution in [2.24, 2.45) is 0 Å². The summed E-state index contributed by atoms with van der Waals surface area (Å²) in [6, 6.07) is 7.52. The Balaban J connectivity index is 1.93. The molecule has 1 fully saturated rings. The lowest BCUT2D eigenvalue weighted by atomic mass is 9.94. The first kappa shape index (κ1) is 16.8. The second-order valence-corrected chi connectivity index (χ2v) is 6.60. The summed E-state index contributed by atoms with van der Waals surface area (Å²) in [5, 5.41) is 6.89. The van der Waals surface area contributed by atoms with Crippen LogP contribution in [0.25, 0.3) is 0 Å². The lowest BCUT2D eigenvalue weighted by Crippen LogP contribution is -2.48. The predicted octanol–water partition coefficient (Wildman–Crippen LogP) is 2.50. The average molecular weight is 345 g/mol. The summed E-state index contributed by atoms with van der Waals surface area (Å²) >= 11 is 5.30. The van der Waals surface area contributed by atoms with E-state index in [0.29, 0.717) is 5.11 Å². The Labute approximate surface area is 148 Å². The number of hydrogen-bond donors (Lipinski definition) is 2. The van der Waals surface area contributed by atoms with Gasteiger partial charge >= 0.3 is 0 Å². The molecule has 2 N–H and O–H groups in total. The van der Waals surface area contributed by atoms with Crippen molar-refractivity contribution >= 4 is 23.2 Å². The third-order valence-electron chi connectivity index (χ3n) is 4.59. The number of likely N-dealkylation sites (tertiary alicyclic amines) is 1. The Bertz CT molecular complexity index is 663. The maximum absolute atomic E-state index is 13.1. The van der Waals surface area contributed by atoms with Gasteiger partial charge in [-0.25, -0.2) is 0 Å². The normalized spacial score (nSPS) is 21.2. The van der Waals surface area contributed by atoms with Gasteiger partial charge in [0.15, 0.2) is 5.11 Å². The zero-order valence-corrected chi connectivity index (χ0v) is 14.9. The van der Waals surface area contributed by atoms with Crippen LogP contribution in [0.4, 0.5) is 0 Å². The third-order valence-corrected chi connectivity index (χ3v) is 4.81. The molecule has 6 heteroatoms. The summed E-state index contributed by atoms with van der Waals surface area (Å²) in [7, 11) is 1.64. The number of hydrogen-bond acceptors (Lipinski definition) is 3.